The monoisotopic (exact) mass is 315 g/mol. The smallest absolute Gasteiger partial charge is 0.307 e. The lowest BCUT2D eigenvalue weighted by Gasteiger charge is -2.18. The lowest BCUT2D eigenvalue weighted by Crippen LogP contribution is -2.20. The fourth-order valence-corrected chi connectivity index (χ4v) is 2.61. The highest BCUT2D eigenvalue weighted by Gasteiger charge is 2.16. The molecule has 0 unspecified atom stereocenters. The molecule has 23 heavy (non-hydrogen) atoms. The number of halogens is 1. The molecule has 0 radical (unpaired) electrons. The molecule has 1 aliphatic rings. The minimum atomic E-state index is -0.441. The third kappa shape index (κ3) is 3.41. The van der Waals surface area contributed by atoms with Crippen LogP contribution in [-0.2, 0) is 0 Å². The number of nitrogens with zero attached hydrogens (tertiary/aromatic N) is 2. The van der Waals surface area contributed by atoms with Crippen LogP contribution >= 0.6 is 0 Å². The van der Waals surface area contributed by atoms with E-state index in [1.54, 1.807) is 25.1 Å². The van der Waals surface area contributed by atoms with Crippen LogP contribution in [0.25, 0.3) is 0 Å². The topological polar surface area (TPSA) is 57.8 Å². The van der Waals surface area contributed by atoms with Crippen molar-refractivity contribution in [2.45, 2.75) is 19.8 Å². The maximum atomic E-state index is 14.3. The van der Waals surface area contributed by atoms with Crippen molar-refractivity contribution in [1.29, 1.82) is 0 Å². The molecule has 6 heteroatoms. The number of carbonyl (C=O) groups excluding carboxylic acids is 1. The van der Waals surface area contributed by atoms with Crippen molar-refractivity contribution in [2.24, 2.45) is 5.10 Å². The van der Waals surface area contributed by atoms with Crippen molar-refractivity contribution in [3.05, 3.63) is 53.7 Å². The van der Waals surface area contributed by atoms with Crippen molar-refractivity contribution in [1.82, 2.24) is 5.43 Å². The summed E-state index contributed by atoms with van der Waals surface area (Å²) in [5.74, 6) is -0.531. The minimum Gasteiger partial charge on any atom is -0.459 e. The summed E-state index contributed by atoms with van der Waals surface area (Å²) in [6.07, 6.45) is 3.61. The van der Waals surface area contributed by atoms with Crippen molar-refractivity contribution in [2.75, 3.05) is 18.0 Å². The van der Waals surface area contributed by atoms with E-state index in [1.165, 1.54) is 12.3 Å². The molecule has 1 amide bonds. The number of amides is 1. The standard InChI is InChI=1S/C17H18FN3O2/c1-12(19-20-17(22)16-5-4-10-23-16)13-6-7-15(14(18)11-13)21-8-2-3-9-21/h4-7,10-11H,2-3,8-9H2,1H3,(H,20,22)/b19-12-. The molecular formula is C17H18FN3O2. The Balaban J connectivity index is 1.71. The number of anilines is 1. The van der Waals surface area contributed by atoms with E-state index in [2.05, 4.69) is 10.5 Å². The lowest BCUT2D eigenvalue weighted by molar-refractivity contribution is 0.0927. The number of furan rings is 1. The third-order valence-electron chi connectivity index (χ3n) is 3.88. The Bertz CT molecular complexity index is 719. The average Bonchev–Trinajstić information content (AvgIpc) is 3.25. The predicted molar refractivity (Wildman–Crippen MR) is 86.2 cm³/mol. The molecule has 0 bridgehead atoms. The normalized spacial score (nSPS) is 15.0. The second-order valence-corrected chi connectivity index (χ2v) is 5.48. The van der Waals surface area contributed by atoms with Crippen LogP contribution in [0.3, 0.4) is 0 Å². The summed E-state index contributed by atoms with van der Waals surface area (Å²) in [6, 6.07) is 8.20. The predicted octanol–water partition coefficient (Wildman–Crippen LogP) is 3.17. The Morgan fingerprint density at radius 1 is 1.30 bits per heavy atom. The molecule has 1 N–H and O–H groups in total. The molecular weight excluding hydrogens is 297 g/mol. The molecule has 2 heterocycles. The average molecular weight is 315 g/mol. The number of rotatable bonds is 4. The fraction of sp³-hybridized carbons (Fsp3) is 0.294. The van der Waals surface area contributed by atoms with Gasteiger partial charge in [-0.2, -0.15) is 5.10 Å². The zero-order valence-electron chi connectivity index (χ0n) is 12.9. The Kier molecular flexibility index (Phi) is 4.41. The van der Waals surface area contributed by atoms with E-state index >= 15 is 0 Å². The van der Waals surface area contributed by atoms with Gasteiger partial charge in [0.25, 0.3) is 0 Å². The van der Waals surface area contributed by atoms with E-state index < -0.39 is 5.91 Å². The van der Waals surface area contributed by atoms with Crippen molar-refractivity contribution >= 4 is 17.3 Å². The first kappa shape index (κ1) is 15.3. The highest BCUT2D eigenvalue weighted by molar-refractivity contribution is 6.00. The summed E-state index contributed by atoms with van der Waals surface area (Å²) < 4.78 is 19.3. The van der Waals surface area contributed by atoms with Gasteiger partial charge in [-0.3, -0.25) is 4.79 Å². The van der Waals surface area contributed by atoms with E-state index in [4.69, 9.17) is 4.42 Å². The number of benzene rings is 1. The second-order valence-electron chi connectivity index (χ2n) is 5.48. The van der Waals surface area contributed by atoms with E-state index in [0.717, 1.165) is 25.9 Å². The van der Waals surface area contributed by atoms with Crippen molar-refractivity contribution < 1.29 is 13.6 Å². The van der Waals surface area contributed by atoms with Gasteiger partial charge in [-0.15, -0.1) is 0 Å². The molecule has 0 spiro atoms. The van der Waals surface area contributed by atoms with Gasteiger partial charge in [-0.25, -0.2) is 9.82 Å². The number of carbonyl (C=O) groups is 1. The van der Waals surface area contributed by atoms with Gasteiger partial charge in [-0.05, 0) is 44.0 Å². The quantitative estimate of drug-likeness (QED) is 0.696. The van der Waals surface area contributed by atoms with Crippen LogP contribution in [0.15, 0.2) is 46.1 Å². The molecule has 1 aromatic carbocycles. The van der Waals surface area contributed by atoms with Gasteiger partial charge in [0.2, 0.25) is 0 Å². The molecule has 120 valence electrons. The first-order chi connectivity index (χ1) is 11.1. The van der Waals surface area contributed by atoms with Crippen LogP contribution in [0.1, 0.15) is 35.9 Å². The van der Waals surface area contributed by atoms with E-state index in [-0.39, 0.29) is 11.6 Å². The van der Waals surface area contributed by atoms with Crippen LogP contribution in [0.4, 0.5) is 10.1 Å². The molecule has 2 aromatic rings. The Labute approximate surface area is 133 Å². The minimum absolute atomic E-state index is 0.178. The van der Waals surface area contributed by atoms with E-state index in [0.29, 0.717) is 17.0 Å². The summed E-state index contributed by atoms with van der Waals surface area (Å²) in [4.78, 5) is 13.8. The van der Waals surface area contributed by atoms with Gasteiger partial charge in [0.1, 0.15) is 5.82 Å². The van der Waals surface area contributed by atoms with Crippen LogP contribution in [0.2, 0.25) is 0 Å². The summed E-state index contributed by atoms with van der Waals surface area (Å²) in [5, 5.41) is 4.00. The van der Waals surface area contributed by atoms with Crippen LogP contribution in [-0.4, -0.2) is 24.7 Å². The second kappa shape index (κ2) is 6.64. The van der Waals surface area contributed by atoms with Crippen LogP contribution in [0, 0.1) is 5.82 Å². The first-order valence-electron chi connectivity index (χ1n) is 7.58. The molecule has 3 rings (SSSR count). The van der Waals surface area contributed by atoms with Gasteiger partial charge in [0, 0.05) is 18.7 Å². The SMILES string of the molecule is C/C(=N/NC(=O)c1ccco1)c1ccc(N2CCCC2)c(F)c1. The Morgan fingerprint density at radius 3 is 2.74 bits per heavy atom. The third-order valence-corrected chi connectivity index (χ3v) is 3.88. The summed E-state index contributed by atoms with van der Waals surface area (Å²) in [5.41, 5.74) is 4.17. The Hall–Kier alpha value is -2.63. The van der Waals surface area contributed by atoms with Gasteiger partial charge < -0.3 is 9.32 Å². The maximum Gasteiger partial charge on any atom is 0.307 e. The number of hydrogen-bond acceptors (Lipinski definition) is 4. The molecule has 5 nitrogen and oxygen atoms in total. The fourth-order valence-electron chi connectivity index (χ4n) is 2.61. The molecule has 1 fully saturated rings. The van der Waals surface area contributed by atoms with Crippen LogP contribution in [0.5, 0.6) is 0 Å². The largest absolute Gasteiger partial charge is 0.459 e. The zero-order valence-corrected chi connectivity index (χ0v) is 12.9. The number of hydrogen-bond donors (Lipinski definition) is 1. The molecule has 1 saturated heterocycles. The van der Waals surface area contributed by atoms with Gasteiger partial charge in [0.15, 0.2) is 5.76 Å². The maximum absolute atomic E-state index is 14.3. The summed E-state index contributed by atoms with van der Waals surface area (Å²) in [7, 11) is 0. The lowest BCUT2D eigenvalue weighted by atomic mass is 10.1. The molecule has 1 aromatic heterocycles. The van der Waals surface area contributed by atoms with E-state index in [9.17, 15) is 9.18 Å². The van der Waals surface area contributed by atoms with Gasteiger partial charge in [-0.1, -0.05) is 6.07 Å². The first-order valence-corrected chi connectivity index (χ1v) is 7.58. The number of nitrogens with one attached hydrogen (secondary N) is 1. The Morgan fingerprint density at radius 2 is 2.09 bits per heavy atom. The van der Waals surface area contributed by atoms with Crippen molar-refractivity contribution in [3.8, 4) is 0 Å². The van der Waals surface area contributed by atoms with Gasteiger partial charge in [0.05, 0.1) is 17.7 Å². The summed E-state index contributed by atoms with van der Waals surface area (Å²) in [6.45, 7) is 3.50. The molecule has 0 atom stereocenters. The summed E-state index contributed by atoms with van der Waals surface area (Å²) >= 11 is 0. The highest BCUT2D eigenvalue weighted by atomic mass is 19.1. The van der Waals surface area contributed by atoms with Crippen LogP contribution < -0.4 is 10.3 Å². The highest BCUT2D eigenvalue weighted by Crippen LogP contribution is 2.24. The van der Waals surface area contributed by atoms with Gasteiger partial charge >= 0.3 is 5.91 Å². The van der Waals surface area contributed by atoms with E-state index in [1.807, 2.05) is 11.0 Å². The zero-order chi connectivity index (χ0) is 16.2. The molecule has 1 aliphatic heterocycles. The number of hydrazone groups is 1. The van der Waals surface area contributed by atoms with Crippen molar-refractivity contribution in [3.63, 3.8) is 0 Å². The molecule has 0 saturated carbocycles. The molecule has 0 aliphatic carbocycles.